The Bertz CT molecular complexity index is 1360. The van der Waals surface area contributed by atoms with Crippen molar-refractivity contribution in [2.75, 3.05) is 43.2 Å². The molecule has 5 rings (SSSR count). The highest BCUT2D eigenvalue weighted by atomic mass is 19.1. The van der Waals surface area contributed by atoms with E-state index in [1.54, 1.807) is 0 Å². The molecule has 4 nitrogen and oxygen atoms in total. The van der Waals surface area contributed by atoms with Gasteiger partial charge in [0.1, 0.15) is 13.4 Å². The predicted octanol–water partition coefficient (Wildman–Crippen LogP) is 5.52. The zero-order chi connectivity index (χ0) is 28.8. The molecule has 3 aromatic carbocycles. The minimum absolute atomic E-state index is 0.263. The van der Waals surface area contributed by atoms with Gasteiger partial charge < -0.3 is 14.7 Å². The van der Waals surface area contributed by atoms with Crippen molar-refractivity contribution < 1.29 is 4.39 Å². The molecule has 0 saturated carbocycles. The first-order valence-corrected chi connectivity index (χ1v) is 14.2. The number of pyridine rings is 1. The van der Waals surface area contributed by atoms with Crippen LogP contribution in [0.25, 0.3) is 0 Å². The van der Waals surface area contributed by atoms with Crippen molar-refractivity contribution in [1.82, 2.24) is 9.88 Å². The van der Waals surface area contributed by atoms with Gasteiger partial charge in [0.05, 0.1) is 18.9 Å². The van der Waals surface area contributed by atoms with Crippen LogP contribution in [0.3, 0.4) is 0 Å². The van der Waals surface area contributed by atoms with Crippen LogP contribution in [0.1, 0.15) is 23.1 Å². The van der Waals surface area contributed by atoms with Crippen LogP contribution < -0.4 is 15.3 Å². The summed E-state index contributed by atoms with van der Waals surface area (Å²) in [6, 6.07) is 34.0. The SMILES string of the molecule is Bc1cnc(N(C)C(c2ccccc2)(c2ccccc2)c2ccccc2)c(N(C=C)CC(=C)N2CC(CCF)C2)c1. The Balaban J connectivity index is 1.63. The number of anilines is 2. The van der Waals surface area contributed by atoms with Gasteiger partial charge in [0.2, 0.25) is 0 Å². The average Bonchev–Trinajstić information content (AvgIpc) is 2.99. The van der Waals surface area contributed by atoms with E-state index in [2.05, 4.69) is 140 Å². The topological polar surface area (TPSA) is 22.6 Å². The van der Waals surface area contributed by atoms with Gasteiger partial charge in [-0.3, -0.25) is 4.39 Å². The van der Waals surface area contributed by atoms with Crippen LogP contribution >= 0.6 is 0 Å². The van der Waals surface area contributed by atoms with Gasteiger partial charge in [-0.2, -0.15) is 0 Å². The summed E-state index contributed by atoms with van der Waals surface area (Å²) in [6.07, 6.45) is 4.40. The van der Waals surface area contributed by atoms with E-state index in [-0.39, 0.29) is 6.67 Å². The molecular formula is C35H38BFN4. The Kier molecular flexibility index (Phi) is 8.58. The Labute approximate surface area is 244 Å². The zero-order valence-electron chi connectivity index (χ0n) is 24.1. The zero-order valence-corrected chi connectivity index (χ0v) is 24.1. The highest BCUT2D eigenvalue weighted by molar-refractivity contribution is 6.32. The van der Waals surface area contributed by atoms with Gasteiger partial charge in [-0.25, -0.2) is 4.98 Å². The number of nitrogens with zero attached hydrogens (tertiary/aromatic N) is 4. The quantitative estimate of drug-likeness (QED) is 0.173. The fraction of sp³-hybridized carbons (Fsp3) is 0.229. The Morgan fingerprint density at radius 2 is 1.49 bits per heavy atom. The summed E-state index contributed by atoms with van der Waals surface area (Å²) in [6.45, 7) is 10.6. The number of rotatable bonds is 12. The maximum Gasteiger partial charge on any atom is 0.153 e. The molecule has 0 N–H and O–H groups in total. The highest BCUT2D eigenvalue weighted by Gasteiger charge is 2.42. The number of benzene rings is 3. The second-order valence-electron chi connectivity index (χ2n) is 10.8. The second-order valence-corrected chi connectivity index (χ2v) is 10.8. The van der Waals surface area contributed by atoms with E-state index in [4.69, 9.17) is 4.98 Å². The lowest BCUT2D eigenvalue weighted by molar-refractivity contribution is 0.126. The Morgan fingerprint density at radius 3 is 1.95 bits per heavy atom. The van der Waals surface area contributed by atoms with E-state index in [9.17, 15) is 4.39 Å². The van der Waals surface area contributed by atoms with Gasteiger partial charge >= 0.3 is 0 Å². The minimum Gasteiger partial charge on any atom is -0.373 e. The van der Waals surface area contributed by atoms with Crippen LogP contribution in [0.4, 0.5) is 15.9 Å². The fourth-order valence-corrected chi connectivity index (χ4v) is 6.00. The van der Waals surface area contributed by atoms with Gasteiger partial charge in [-0.05, 0) is 41.3 Å². The van der Waals surface area contributed by atoms with Crippen LogP contribution in [0, 0.1) is 5.92 Å². The summed E-state index contributed by atoms with van der Waals surface area (Å²) in [5.41, 5.74) is 5.77. The Hall–Kier alpha value is -4.32. The normalized spacial score (nSPS) is 13.4. The van der Waals surface area contributed by atoms with Crippen LogP contribution in [0.2, 0.25) is 0 Å². The van der Waals surface area contributed by atoms with Crippen molar-refractivity contribution in [2.45, 2.75) is 12.0 Å². The molecule has 41 heavy (non-hydrogen) atoms. The van der Waals surface area contributed by atoms with Crippen LogP contribution in [0.5, 0.6) is 0 Å². The molecule has 1 fully saturated rings. The van der Waals surface area contributed by atoms with E-state index in [1.807, 2.05) is 12.4 Å². The summed E-state index contributed by atoms with van der Waals surface area (Å²) < 4.78 is 12.8. The third-order valence-corrected chi connectivity index (χ3v) is 8.18. The van der Waals surface area contributed by atoms with Gasteiger partial charge in [-0.1, -0.05) is 110 Å². The standard InChI is InChI=1S/C35H38BFN4/c1-4-40(24-27(2)41-25-28(26-41)20-21-37)33-22-32(36)23-38-34(33)39(3)35(29-14-8-5-9-15-29,30-16-10-6-11-17-30)31-18-12-7-13-19-31/h4-19,22-23,28H,1-2,20-21,24-26,36H2,3H3. The van der Waals surface area contributed by atoms with Crippen molar-refractivity contribution in [1.29, 1.82) is 0 Å². The largest absolute Gasteiger partial charge is 0.373 e. The second kappa shape index (κ2) is 12.5. The van der Waals surface area contributed by atoms with Gasteiger partial charge in [-0.15, -0.1) is 0 Å². The number of halogens is 1. The molecule has 0 radical (unpaired) electrons. The van der Waals surface area contributed by atoms with Gasteiger partial charge in [0.15, 0.2) is 5.82 Å². The maximum absolute atomic E-state index is 12.8. The molecule has 0 bridgehead atoms. The summed E-state index contributed by atoms with van der Waals surface area (Å²) in [7, 11) is 4.19. The fourth-order valence-electron chi connectivity index (χ4n) is 6.00. The van der Waals surface area contributed by atoms with E-state index < -0.39 is 5.54 Å². The van der Waals surface area contributed by atoms with Crippen molar-refractivity contribution in [3.8, 4) is 0 Å². The first kappa shape index (κ1) is 28.2. The number of hydrogen-bond donors (Lipinski definition) is 0. The molecule has 0 atom stereocenters. The first-order valence-electron chi connectivity index (χ1n) is 14.2. The molecule has 2 heterocycles. The molecule has 4 aromatic rings. The molecule has 1 saturated heterocycles. The highest BCUT2D eigenvalue weighted by Crippen LogP contribution is 2.45. The number of alkyl halides is 1. The molecule has 0 unspecified atom stereocenters. The van der Waals surface area contributed by atoms with E-state index >= 15 is 0 Å². The van der Waals surface area contributed by atoms with E-state index in [0.29, 0.717) is 18.9 Å². The molecule has 1 aliphatic rings. The minimum atomic E-state index is -0.665. The van der Waals surface area contributed by atoms with Crippen LogP contribution in [-0.4, -0.2) is 51.1 Å². The molecule has 0 amide bonds. The molecule has 208 valence electrons. The average molecular weight is 545 g/mol. The number of hydrogen-bond acceptors (Lipinski definition) is 4. The lowest BCUT2D eigenvalue weighted by Gasteiger charge is -2.46. The Morgan fingerprint density at radius 1 is 0.976 bits per heavy atom. The summed E-state index contributed by atoms with van der Waals surface area (Å²) in [4.78, 5) is 11.7. The van der Waals surface area contributed by atoms with E-state index in [1.165, 1.54) is 0 Å². The maximum atomic E-state index is 12.8. The van der Waals surface area contributed by atoms with Gasteiger partial charge in [0.25, 0.3) is 0 Å². The number of aromatic nitrogens is 1. The first-order chi connectivity index (χ1) is 20.0. The number of likely N-dealkylation sites (tertiary alicyclic amines) is 1. The third kappa shape index (κ3) is 5.52. The molecule has 1 aliphatic heterocycles. The van der Waals surface area contributed by atoms with Crippen molar-refractivity contribution in [2.24, 2.45) is 5.92 Å². The summed E-state index contributed by atoms with van der Waals surface area (Å²) >= 11 is 0. The molecular weight excluding hydrogens is 506 g/mol. The molecule has 1 aromatic heterocycles. The van der Waals surface area contributed by atoms with Crippen molar-refractivity contribution in [3.05, 3.63) is 145 Å². The van der Waals surface area contributed by atoms with Crippen molar-refractivity contribution in [3.63, 3.8) is 0 Å². The predicted molar refractivity (Wildman–Crippen MR) is 172 cm³/mol. The molecule has 6 heteroatoms. The monoisotopic (exact) mass is 544 g/mol. The summed E-state index contributed by atoms with van der Waals surface area (Å²) in [5.74, 6) is 1.23. The lowest BCUT2D eigenvalue weighted by atomic mass is 9.75. The third-order valence-electron chi connectivity index (χ3n) is 8.18. The van der Waals surface area contributed by atoms with Gasteiger partial charge in [0, 0.05) is 32.0 Å². The van der Waals surface area contributed by atoms with Crippen LogP contribution in [0.15, 0.2) is 128 Å². The molecule has 0 spiro atoms. The summed E-state index contributed by atoms with van der Waals surface area (Å²) in [5, 5.41) is 0. The van der Waals surface area contributed by atoms with Crippen LogP contribution in [-0.2, 0) is 5.54 Å². The molecule has 0 aliphatic carbocycles. The lowest BCUT2D eigenvalue weighted by Crippen LogP contribution is -2.48. The van der Waals surface area contributed by atoms with E-state index in [0.717, 1.165) is 52.4 Å². The van der Waals surface area contributed by atoms with Crippen molar-refractivity contribution >= 4 is 24.8 Å². The smallest absolute Gasteiger partial charge is 0.153 e.